The quantitative estimate of drug-likeness (QED) is 0.421. The van der Waals surface area contributed by atoms with Gasteiger partial charge in [0.25, 0.3) is 0 Å². The SMILES string of the molecule is COCc1cc(F)c(-c2ccc3cnc(Cc4cnccc4[C@H]4C[C@@H](N)[C@@H](O)[C@@H](C)C4)n3n2)c(F)c1. The molecular formula is C27H29F2N5O2. The number of benzene rings is 1. The number of aromatic nitrogens is 4. The molecule has 3 heterocycles. The van der Waals surface area contributed by atoms with Crippen molar-refractivity contribution in [1.82, 2.24) is 19.6 Å². The predicted octanol–water partition coefficient (Wildman–Crippen LogP) is 4.01. The van der Waals surface area contributed by atoms with Gasteiger partial charge in [0.15, 0.2) is 0 Å². The maximum atomic E-state index is 14.8. The van der Waals surface area contributed by atoms with Gasteiger partial charge in [0.1, 0.15) is 17.5 Å². The summed E-state index contributed by atoms with van der Waals surface area (Å²) in [6, 6.07) is 7.57. The largest absolute Gasteiger partial charge is 0.391 e. The number of ether oxygens (including phenoxy) is 1. The number of nitrogens with zero attached hydrogens (tertiary/aromatic N) is 4. The van der Waals surface area contributed by atoms with E-state index in [1.165, 1.54) is 19.2 Å². The van der Waals surface area contributed by atoms with Crippen LogP contribution in [0.5, 0.6) is 0 Å². The van der Waals surface area contributed by atoms with Crippen LogP contribution in [0.2, 0.25) is 0 Å². The highest BCUT2D eigenvalue weighted by molar-refractivity contribution is 5.63. The van der Waals surface area contributed by atoms with E-state index in [0.29, 0.717) is 29.7 Å². The Balaban J connectivity index is 1.49. The summed E-state index contributed by atoms with van der Waals surface area (Å²) < 4.78 is 36.3. The molecule has 1 aliphatic rings. The lowest BCUT2D eigenvalue weighted by atomic mass is 9.74. The van der Waals surface area contributed by atoms with Crippen LogP contribution in [0.25, 0.3) is 16.8 Å². The number of pyridine rings is 1. The summed E-state index contributed by atoms with van der Waals surface area (Å²) in [4.78, 5) is 8.86. The fraction of sp³-hybridized carbons (Fsp3) is 0.370. The first-order valence-corrected chi connectivity index (χ1v) is 12.0. The molecule has 5 rings (SSSR count). The van der Waals surface area contributed by atoms with E-state index >= 15 is 0 Å². The van der Waals surface area contributed by atoms with Crippen LogP contribution >= 0.6 is 0 Å². The molecule has 1 aliphatic carbocycles. The summed E-state index contributed by atoms with van der Waals surface area (Å²) >= 11 is 0. The first-order chi connectivity index (χ1) is 17.4. The Bertz CT molecular complexity index is 1360. The number of imidazole rings is 1. The van der Waals surface area contributed by atoms with Crippen LogP contribution in [0.3, 0.4) is 0 Å². The van der Waals surface area contributed by atoms with E-state index in [1.807, 2.05) is 19.2 Å². The highest BCUT2D eigenvalue weighted by atomic mass is 19.1. The number of hydrogen-bond donors (Lipinski definition) is 2. The Morgan fingerprint density at radius 1 is 1.14 bits per heavy atom. The summed E-state index contributed by atoms with van der Waals surface area (Å²) in [7, 11) is 1.47. The third-order valence-electron chi connectivity index (χ3n) is 7.09. The average Bonchev–Trinajstić information content (AvgIpc) is 3.24. The molecule has 0 spiro atoms. The van der Waals surface area contributed by atoms with Crippen molar-refractivity contribution < 1.29 is 18.6 Å². The number of aliphatic hydroxyl groups excluding tert-OH is 1. The number of fused-ring (bicyclic) bond motifs is 1. The molecule has 0 unspecified atom stereocenters. The minimum Gasteiger partial charge on any atom is -0.391 e. The van der Waals surface area contributed by atoms with Gasteiger partial charge < -0.3 is 15.6 Å². The molecule has 7 nitrogen and oxygen atoms in total. The monoisotopic (exact) mass is 493 g/mol. The second kappa shape index (κ2) is 10.0. The molecule has 0 radical (unpaired) electrons. The maximum absolute atomic E-state index is 14.8. The minimum atomic E-state index is -0.699. The molecule has 188 valence electrons. The summed E-state index contributed by atoms with van der Waals surface area (Å²) in [5.41, 5.74) is 9.44. The highest BCUT2D eigenvalue weighted by Crippen LogP contribution is 2.37. The van der Waals surface area contributed by atoms with Gasteiger partial charge in [-0.05, 0) is 71.7 Å². The summed E-state index contributed by atoms with van der Waals surface area (Å²) in [5, 5.41) is 14.8. The van der Waals surface area contributed by atoms with Crippen molar-refractivity contribution in [3.8, 4) is 11.3 Å². The highest BCUT2D eigenvalue weighted by Gasteiger charge is 2.33. The molecule has 0 amide bonds. The number of aliphatic hydroxyl groups is 1. The van der Waals surface area contributed by atoms with Crippen molar-refractivity contribution in [3.63, 3.8) is 0 Å². The van der Waals surface area contributed by atoms with Gasteiger partial charge in [-0.15, -0.1) is 0 Å². The van der Waals surface area contributed by atoms with Gasteiger partial charge >= 0.3 is 0 Å². The Kier molecular flexibility index (Phi) is 6.79. The molecular weight excluding hydrogens is 464 g/mol. The van der Waals surface area contributed by atoms with Crippen molar-refractivity contribution in [2.24, 2.45) is 11.7 Å². The summed E-state index contributed by atoms with van der Waals surface area (Å²) in [6.07, 6.45) is 6.71. The van der Waals surface area contributed by atoms with E-state index in [-0.39, 0.29) is 35.7 Å². The van der Waals surface area contributed by atoms with Gasteiger partial charge in [-0.25, -0.2) is 18.3 Å². The van der Waals surface area contributed by atoms with Crippen molar-refractivity contribution in [3.05, 3.63) is 83.1 Å². The second-order valence-electron chi connectivity index (χ2n) is 9.65. The molecule has 1 saturated carbocycles. The lowest BCUT2D eigenvalue weighted by Gasteiger charge is -2.36. The molecule has 1 aromatic carbocycles. The Labute approximate surface area is 208 Å². The number of halogens is 2. The molecule has 1 fully saturated rings. The van der Waals surface area contributed by atoms with Crippen LogP contribution < -0.4 is 5.73 Å². The standard InChI is InChI=1S/C27H29F2N5O2/c1-15-7-17(10-23(30)27(15)35)20-5-6-31-12-18(20)11-25-32-13-19-3-4-24(33-34(19)25)26-21(28)8-16(14-36-2)9-22(26)29/h3-6,8-9,12-13,15,17,23,27,35H,7,10-11,14,30H2,1-2H3/t15-,17+,23+,27-/m0/s1. The number of rotatable bonds is 6. The van der Waals surface area contributed by atoms with Crippen LogP contribution in [0.1, 0.15) is 48.2 Å². The molecule has 0 saturated heterocycles. The lowest BCUT2D eigenvalue weighted by Crippen LogP contribution is -2.44. The molecule has 0 aliphatic heterocycles. The average molecular weight is 494 g/mol. The van der Waals surface area contributed by atoms with Crippen molar-refractivity contribution in [1.29, 1.82) is 0 Å². The zero-order valence-corrected chi connectivity index (χ0v) is 20.2. The fourth-order valence-corrected chi connectivity index (χ4v) is 5.29. The number of nitrogens with two attached hydrogens (primary N) is 1. The third kappa shape index (κ3) is 4.61. The van der Waals surface area contributed by atoms with E-state index in [4.69, 9.17) is 10.5 Å². The molecule has 4 atom stereocenters. The number of hydrogen-bond acceptors (Lipinski definition) is 6. The number of methoxy groups -OCH3 is 1. The molecule has 9 heteroatoms. The first kappa shape index (κ1) is 24.4. The minimum absolute atomic E-state index is 0.0938. The van der Waals surface area contributed by atoms with Gasteiger partial charge in [0.2, 0.25) is 0 Å². The van der Waals surface area contributed by atoms with Crippen LogP contribution in [0, 0.1) is 17.6 Å². The van der Waals surface area contributed by atoms with Gasteiger partial charge in [-0.3, -0.25) is 4.98 Å². The zero-order valence-electron chi connectivity index (χ0n) is 20.2. The van der Waals surface area contributed by atoms with Gasteiger partial charge in [0.05, 0.1) is 35.7 Å². The lowest BCUT2D eigenvalue weighted by molar-refractivity contribution is 0.0519. The summed E-state index contributed by atoms with van der Waals surface area (Å²) in [5.74, 6) is -0.479. The van der Waals surface area contributed by atoms with Crippen LogP contribution in [0.15, 0.2) is 48.9 Å². The fourth-order valence-electron chi connectivity index (χ4n) is 5.29. The van der Waals surface area contributed by atoms with Gasteiger partial charge in [0, 0.05) is 32.0 Å². The zero-order chi connectivity index (χ0) is 25.4. The molecule has 36 heavy (non-hydrogen) atoms. The van der Waals surface area contributed by atoms with E-state index in [9.17, 15) is 13.9 Å². The Morgan fingerprint density at radius 2 is 1.92 bits per heavy atom. The molecule has 3 aromatic heterocycles. The topological polar surface area (TPSA) is 98.6 Å². The second-order valence-corrected chi connectivity index (χ2v) is 9.65. The molecule has 0 bridgehead atoms. The van der Waals surface area contributed by atoms with Crippen LogP contribution in [-0.4, -0.2) is 43.9 Å². The maximum Gasteiger partial charge on any atom is 0.135 e. The van der Waals surface area contributed by atoms with Gasteiger partial charge in [-0.1, -0.05) is 6.92 Å². The van der Waals surface area contributed by atoms with E-state index in [0.717, 1.165) is 17.5 Å². The van der Waals surface area contributed by atoms with E-state index in [1.54, 1.807) is 29.0 Å². The van der Waals surface area contributed by atoms with Crippen molar-refractivity contribution >= 4 is 5.52 Å². The first-order valence-electron chi connectivity index (χ1n) is 12.0. The van der Waals surface area contributed by atoms with Crippen molar-refractivity contribution in [2.75, 3.05) is 7.11 Å². The Hall–Kier alpha value is -3.27. The predicted molar refractivity (Wildman–Crippen MR) is 131 cm³/mol. The Morgan fingerprint density at radius 3 is 2.64 bits per heavy atom. The normalized spacial score (nSPS) is 22.3. The third-order valence-corrected chi connectivity index (χ3v) is 7.09. The molecule has 3 N–H and O–H groups in total. The molecule has 4 aromatic rings. The van der Waals surface area contributed by atoms with Gasteiger partial charge in [-0.2, -0.15) is 5.10 Å². The summed E-state index contributed by atoms with van der Waals surface area (Å²) in [6.45, 7) is 2.13. The van der Waals surface area contributed by atoms with Crippen LogP contribution in [-0.2, 0) is 17.8 Å². The van der Waals surface area contributed by atoms with E-state index in [2.05, 4.69) is 15.1 Å². The van der Waals surface area contributed by atoms with Crippen LogP contribution in [0.4, 0.5) is 8.78 Å². The van der Waals surface area contributed by atoms with E-state index < -0.39 is 17.7 Å². The smallest absolute Gasteiger partial charge is 0.135 e. The van der Waals surface area contributed by atoms with Crippen molar-refractivity contribution in [2.45, 2.75) is 50.9 Å².